The van der Waals surface area contributed by atoms with Crippen molar-refractivity contribution in [2.45, 2.75) is 32.4 Å². The Bertz CT molecular complexity index is 910. The van der Waals surface area contributed by atoms with Crippen LogP contribution in [0.1, 0.15) is 25.7 Å². The SMILES string of the molecule is C[C@@H](C(=O)OCc1nnc(-c2ccccc2)o1)N1C(=O)[C@@H]2CC=CC[C@H]2C1=O. The number of hydrogen-bond acceptors (Lipinski definition) is 7. The number of ether oxygens (including phenoxy) is 1. The van der Waals surface area contributed by atoms with Crippen molar-refractivity contribution in [3.63, 3.8) is 0 Å². The lowest BCUT2D eigenvalue weighted by atomic mass is 9.85. The Morgan fingerprint density at radius 2 is 1.79 bits per heavy atom. The van der Waals surface area contributed by atoms with E-state index < -0.39 is 12.0 Å². The maximum absolute atomic E-state index is 12.6. The van der Waals surface area contributed by atoms with Gasteiger partial charge in [-0.3, -0.25) is 14.5 Å². The van der Waals surface area contributed by atoms with Crippen LogP contribution >= 0.6 is 0 Å². The normalized spacial score (nSPS) is 22.2. The van der Waals surface area contributed by atoms with Gasteiger partial charge in [-0.1, -0.05) is 30.4 Å². The van der Waals surface area contributed by atoms with Crippen LogP contribution in [0.2, 0.25) is 0 Å². The maximum Gasteiger partial charge on any atom is 0.329 e. The molecule has 2 heterocycles. The molecule has 0 radical (unpaired) electrons. The minimum absolute atomic E-state index is 0.136. The summed E-state index contributed by atoms with van der Waals surface area (Å²) in [4.78, 5) is 38.5. The zero-order valence-electron chi connectivity index (χ0n) is 15.3. The Hall–Kier alpha value is -3.29. The van der Waals surface area contributed by atoms with Gasteiger partial charge < -0.3 is 9.15 Å². The molecule has 1 fully saturated rings. The molecule has 2 amide bonds. The molecule has 1 aliphatic carbocycles. The molecule has 28 heavy (non-hydrogen) atoms. The molecule has 144 valence electrons. The number of hydrogen-bond donors (Lipinski definition) is 0. The van der Waals surface area contributed by atoms with Gasteiger partial charge in [-0.05, 0) is 31.9 Å². The van der Waals surface area contributed by atoms with E-state index in [0.29, 0.717) is 18.7 Å². The molecule has 1 aromatic heterocycles. The molecule has 8 nitrogen and oxygen atoms in total. The second-order valence-corrected chi connectivity index (χ2v) is 6.85. The Kier molecular flexibility index (Phi) is 4.77. The average molecular weight is 381 g/mol. The molecule has 3 atom stereocenters. The van der Waals surface area contributed by atoms with Gasteiger partial charge in [-0.15, -0.1) is 10.2 Å². The van der Waals surface area contributed by atoms with Crippen molar-refractivity contribution in [1.29, 1.82) is 0 Å². The zero-order chi connectivity index (χ0) is 19.7. The number of esters is 1. The van der Waals surface area contributed by atoms with Gasteiger partial charge in [0.05, 0.1) is 11.8 Å². The number of imide groups is 1. The van der Waals surface area contributed by atoms with Crippen LogP contribution in [0.25, 0.3) is 11.5 Å². The smallest absolute Gasteiger partial charge is 0.329 e. The van der Waals surface area contributed by atoms with Crippen molar-refractivity contribution >= 4 is 17.8 Å². The van der Waals surface area contributed by atoms with Gasteiger partial charge in [-0.25, -0.2) is 4.79 Å². The van der Waals surface area contributed by atoms with Crippen LogP contribution in [0.4, 0.5) is 0 Å². The van der Waals surface area contributed by atoms with Gasteiger partial charge in [0.15, 0.2) is 6.61 Å². The van der Waals surface area contributed by atoms with Crippen molar-refractivity contribution < 1.29 is 23.5 Å². The molecule has 1 saturated heterocycles. The molecule has 0 spiro atoms. The van der Waals surface area contributed by atoms with Crippen LogP contribution in [0.15, 0.2) is 46.9 Å². The summed E-state index contributed by atoms with van der Waals surface area (Å²) in [5, 5.41) is 7.79. The number of likely N-dealkylation sites (tertiary alicyclic amines) is 1. The Morgan fingerprint density at radius 3 is 2.43 bits per heavy atom. The third-order valence-electron chi connectivity index (χ3n) is 5.10. The number of allylic oxidation sites excluding steroid dienone is 2. The fraction of sp³-hybridized carbons (Fsp3) is 0.350. The zero-order valence-corrected chi connectivity index (χ0v) is 15.3. The van der Waals surface area contributed by atoms with Crippen LogP contribution in [-0.2, 0) is 25.7 Å². The fourth-order valence-corrected chi connectivity index (χ4v) is 3.58. The van der Waals surface area contributed by atoms with E-state index in [4.69, 9.17) is 9.15 Å². The van der Waals surface area contributed by atoms with E-state index in [9.17, 15) is 14.4 Å². The lowest BCUT2D eigenvalue weighted by molar-refractivity contribution is -0.159. The van der Waals surface area contributed by atoms with E-state index in [1.807, 2.05) is 42.5 Å². The summed E-state index contributed by atoms with van der Waals surface area (Å²) in [5.41, 5.74) is 0.755. The predicted octanol–water partition coefficient (Wildman–Crippen LogP) is 2.12. The average Bonchev–Trinajstić information content (AvgIpc) is 3.30. The highest BCUT2D eigenvalue weighted by Crippen LogP contribution is 2.36. The summed E-state index contributed by atoms with van der Waals surface area (Å²) in [7, 11) is 0. The van der Waals surface area contributed by atoms with E-state index >= 15 is 0 Å². The number of carbonyl (C=O) groups excluding carboxylic acids is 3. The van der Waals surface area contributed by atoms with Gasteiger partial charge in [0.2, 0.25) is 17.7 Å². The lowest BCUT2D eigenvalue weighted by Gasteiger charge is -2.21. The largest absolute Gasteiger partial charge is 0.454 e. The summed E-state index contributed by atoms with van der Waals surface area (Å²) >= 11 is 0. The molecular formula is C20H19N3O5. The maximum atomic E-state index is 12.6. The summed E-state index contributed by atoms with van der Waals surface area (Å²) in [6.07, 6.45) is 4.85. The molecule has 2 aliphatic rings. The van der Waals surface area contributed by atoms with Crippen molar-refractivity contribution in [2.24, 2.45) is 11.8 Å². The van der Waals surface area contributed by atoms with Crippen molar-refractivity contribution in [3.05, 3.63) is 48.4 Å². The van der Waals surface area contributed by atoms with E-state index in [-0.39, 0.29) is 36.1 Å². The number of rotatable bonds is 5. The second-order valence-electron chi connectivity index (χ2n) is 6.85. The summed E-state index contributed by atoms with van der Waals surface area (Å²) in [6, 6.07) is 8.21. The third-order valence-corrected chi connectivity index (χ3v) is 5.10. The second kappa shape index (κ2) is 7.38. The van der Waals surface area contributed by atoms with Crippen LogP contribution in [-0.4, -0.2) is 38.9 Å². The van der Waals surface area contributed by atoms with E-state index in [2.05, 4.69) is 10.2 Å². The summed E-state index contributed by atoms with van der Waals surface area (Å²) in [5.74, 6) is -1.61. The van der Waals surface area contributed by atoms with Crippen molar-refractivity contribution in [3.8, 4) is 11.5 Å². The summed E-state index contributed by atoms with van der Waals surface area (Å²) < 4.78 is 10.7. The van der Waals surface area contributed by atoms with Gasteiger partial charge in [0, 0.05) is 5.56 Å². The van der Waals surface area contributed by atoms with Crippen molar-refractivity contribution in [1.82, 2.24) is 15.1 Å². The minimum atomic E-state index is -0.998. The Balaban J connectivity index is 1.38. The highest BCUT2D eigenvalue weighted by atomic mass is 16.5. The highest BCUT2D eigenvalue weighted by Gasteiger charge is 2.50. The van der Waals surface area contributed by atoms with Gasteiger partial charge >= 0.3 is 5.97 Å². The van der Waals surface area contributed by atoms with Crippen LogP contribution in [0.3, 0.4) is 0 Å². The van der Waals surface area contributed by atoms with E-state index in [0.717, 1.165) is 10.5 Å². The molecule has 0 saturated carbocycles. The molecule has 2 aromatic rings. The van der Waals surface area contributed by atoms with E-state index in [1.54, 1.807) is 0 Å². The Labute approximate surface area is 161 Å². The quantitative estimate of drug-likeness (QED) is 0.444. The van der Waals surface area contributed by atoms with Gasteiger partial charge in [-0.2, -0.15) is 0 Å². The first-order valence-electron chi connectivity index (χ1n) is 9.12. The number of fused-ring (bicyclic) bond motifs is 1. The van der Waals surface area contributed by atoms with Crippen LogP contribution < -0.4 is 0 Å². The first kappa shape index (κ1) is 18.1. The molecule has 1 aliphatic heterocycles. The summed E-state index contributed by atoms with van der Waals surface area (Å²) in [6.45, 7) is 1.26. The number of aromatic nitrogens is 2. The minimum Gasteiger partial charge on any atom is -0.454 e. The van der Waals surface area contributed by atoms with Crippen molar-refractivity contribution in [2.75, 3.05) is 0 Å². The highest BCUT2D eigenvalue weighted by molar-refractivity contribution is 6.08. The number of amides is 2. The fourth-order valence-electron chi connectivity index (χ4n) is 3.58. The van der Waals surface area contributed by atoms with Crippen LogP contribution in [0, 0.1) is 11.8 Å². The molecule has 4 rings (SSSR count). The monoisotopic (exact) mass is 381 g/mol. The molecule has 0 unspecified atom stereocenters. The molecule has 0 bridgehead atoms. The molecule has 0 N–H and O–H groups in total. The standard InChI is InChI=1S/C20H19N3O5/c1-12(23-18(24)14-9-5-6-10-15(14)19(23)25)20(26)27-11-16-21-22-17(28-16)13-7-3-2-4-8-13/h2-8,12,14-15H,9-11H2,1H3/t12-,14+,15+/m0/s1. The predicted molar refractivity (Wildman–Crippen MR) is 96.2 cm³/mol. The Morgan fingerprint density at radius 1 is 1.14 bits per heavy atom. The molecule has 8 heteroatoms. The number of nitrogens with zero attached hydrogens (tertiary/aromatic N) is 3. The first-order chi connectivity index (χ1) is 13.6. The number of benzene rings is 1. The number of carbonyl (C=O) groups is 3. The lowest BCUT2D eigenvalue weighted by Crippen LogP contribution is -2.44. The molecular weight excluding hydrogens is 362 g/mol. The van der Waals surface area contributed by atoms with Gasteiger partial charge in [0.25, 0.3) is 5.89 Å². The van der Waals surface area contributed by atoms with Crippen LogP contribution in [0.5, 0.6) is 0 Å². The third kappa shape index (κ3) is 3.21. The topological polar surface area (TPSA) is 103 Å². The molecule has 1 aromatic carbocycles. The van der Waals surface area contributed by atoms with Gasteiger partial charge in [0.1, 0.15) is 6.04 Å². The first-order valence-corrected chi connectivity index (χ1v) is 9.12. The van der Waals surface area contributed by atoms with E-state index in [1.165, 1.54) is 6.92 Å².